The summed E-state index contributed by atoms with van der Waals surface area (Å²) >= 11 is 0. The Morgan fingerprint density at radius 2 is 1.94 bits per heavy atom. The fourth-order valence-electron chi connectivity index (χ4n) is 2.64. The summed E-state index contributed by atoms with van der Waals surface area (Å²) in [5.41, 5.74) is 4.59. The summed E-state index contributed by atoms with van der Waals surface area (Å²) in [7, 11) is 0. The molecule has 0 heterocycles. The maximum Gasteiger partial charge on any atom is 0.0369 e. The molecule has 0 spiro atoms. The van der Waals surface area contributed by atoms with Gasteiger partial charge in [-0.15, -0.1) is 0 Å². The number of anilines is 1. The molecule has 1 aliphatic rings. The van der Waals surface area contributed by atoms with Crippen LogP contribution in [0.2, 0.25) is 0 Å². The molecule has 0 atom stereocenters. The monoisotopic (exact) mass is 231 g/mol. The van der Waals surface area contributed by atoms with Crippen molar-refractivity contribution in [2.24, 2.45) is 5.92 Å². The molecule has 1 aromatic carbocycles. The first kappa shape index (κ1) is 12.5. The van der Waals surface area contributed by atoms with E-state index in [4.69, 9.17) is 0 Å². The van der Waals surface area contributed by atoms with Gasteiger partial charge in [-0.05, 0) is 61.8 Å². The lowest BCUT2D eigenvalue weighted by Gasteiger charge is -2.24. The molecule has 1 heteroatoms. The lowest BCUT2D eigenvalue weighted by Crippen LogP contribution is -2.25. The van der Waals surface area contributed by atoms with E-state index in [2.05, 4.69) is 43.9 Å². The molecule has 0 unspecified atom stereocenters. The number of hydrogen-bond acceptors (Lipinski definition) is 1. The number of aryl methyl sites for hydroxylation is 2. The van der Waals surface area contributed by atoms with Gasteiger partial charge in [-0.2, -0.15) is 0 Å². The molecule has 17 heavy (non-hydrogen) atoms. The number of fused-ring (bicyclic) bond motifs is 1. The third-order valence-corrected chi connectivity index (χ3v) is 3.81. The van der Waals surface area contributed by atoms with Crippen molar-refractivity contribution in [2.45, 2.75) is 46.5 Å². The largest absolute Gasteiger partial charge is 0.372 e. The van der Waals surface area contributed by atoms with Gasteiger partial charge in [0.05, 0.1) is 0 Å². The van der Waals surface area contributed by atoms with Crippen molar-refractivity contribution in [1.29, 1.82) is 0 Å². The first-order valence-corrected chi connectivity index (χ1v) is 7.07. The normalized spacial score (nSPS) is 14.1. The number of benzene rings is 1. The molecule has 94 valence electrons. The molecule has 1 aliphatic carbocycles. The van der Waals surface area contributed by atoms with Gasteiger partial charge in [-0.3, -0.25) is 0 Å². The van der Waals surface area contributed by atoms with Crippen LogP contribution in [0, 0.1) is 5.92 Å². The zero-order valence-corrected chi connectivity index (χ0v) is 11.5. The molecule has 0 amide bonds. The van der Waals surface area contributed by atoms with Crippen molar-refractivity contribution in [3.63, 3.8) is 0 Å². The van der Waals surface area contributed by atoms with Crippen LogP contribution in [0.5, 0.6) is 0 Å². The average Bonchev–Trinajstić information content (AvgIpc) is 2.76. The van der Waals surface area contributed by atoms with Crippen LogP contribution in [0.25, 0.3) is 0 Å². The second-order valence-corrected chi connectivity index (χ2v) is 5.57. The molecule has 2 rings (SSSR count). The van der Waals surface area contributed by atoms with Crippen LogP contribution in [0.3, 0.4) is 0 Å². The van der Waals surface area contributed by atoms with E-state index in [-0.39, 0.29) is 0 Å². The van der Waals surface area contributed by atoms with Crippen LogP contribution in [-0.4, -0.2) is 13.1 Å². The third kappa shape index (κ3) is 3.02. The predicted molar refractivity (Wildman–Crippen MR) is 75.8 cm³/mol. The summed E-state index contributed by atoms with van der Waals surface area (Å²) in [6, 6.07) is 7.08. The van der Waals surface area contributed by atoms with Crippen LogP contribution < -0.4 is 4.90 Å². The lowest BCUT2D eigenvalue weighted by atomic mass is 10.1. The highest BCUT2D eigenvalue weighted by Gasteiger charge is 2.13. The van der Waals surface area contributed by atoms with Crippen molar-refractivity contribution in [3.8, 4) is 0 Å². The standard InChI is InChI=1S/C16H25N/c1-4-17(11-10-13(2)3)16-9-8-14-6-5-7-15(14)12-16/h8-9,12-13H,4-7,10-11H2,1-3H3. The summed E-state index contributed by atoms with van der Waals surface area (Å²) in [4.78, 5) is 2.51. The highest BCUT2D eigenvalue weighted by Crippen LogP contribution is 2.27. The van der Waals surface area contributed by atoms with Crippen LogP contribution in [-0.2, 0) is 12.8 Å². The van der Waals surface area contributed by atoms with E-state index < -0.39 is 0 Å². The zero-order chi connectivity index (χ0) is 12.3. The molecule has 0 saturated heterocycles. The van der Waals surface area contributed by atoms with Gasteiger partial charge in [-0.1, -0.05) is 19.9 Å². The highest BCUT2D eigenvalue weighted by molar-refractivity contribution is 5.52. The van der Waals surface area contributed by atoms with E-state index in [1.165, 1.54) is 37.9 Å². The zero-order valence-electron chi connectivity index (χ0n) is 11.5. The van der Waals surface area contributed by atoms with E-state index in [9.17, 15) is 0 Å². The summed E-state index contributed by atoms with van der Waals surface area (Å²) in [6.07, 6.45) is 5.19. The van der Waals surface area contributed by atoms with Crippen LogP contribution >= 0.6 is 0 Å². The topological polar surface area (TPSA) is 3.24 Å². The van der Waals surface area contributed by atoms with Gasteiger partial charge in [-0.25, -0.2) is 0 Å². The molecule has 0 N–H and O–H groups in total. The fourth-order valence-corrected chi connectivity index (χ4v) is 2.64. The number of rotatable bonds is 5. The minimum absolute atomic E-state index is 0.790. The molecule has 1 aromatic rings. The highest BCUT2D eigenvalue weighted by atomic mass is 15.1. The van der Waals surface area contributed by atoms with E-state index in [1.54, 1.807) is 11.1 Å². The molecule has 0 aliphatic heterocycles. The Kier molecular flexibility index (Phi) is 4.09. The minimum atomic E-state index is 0.790. The van der Waals surface area contributed by atoms with Gasteiger partial charge in [0.2, 0.25) is 0 Å². The van der Waals surface area contributed by atoms with Gasteiger partial charge in [0.1, 0.15) is 0 Å². The maximum atomic E-state index is 2.51. The molecule has 0 fully saturated rings. The molecule has 1 nitrogen and oxygen atoms in total. The van der Waals surface area contributed by atoms with Gasteiger partial charge < -0.3 is 4.90 Å². The van der Waals surface area contributed by atoms with Crippen molar-refractivity contribution >= 4 is 5.69 Å². The lowest BCUT2D eigenvalue weighted by molar-refractivity contribution is 0.576. The van der Waals surface area contributed by atoms with Crippen LogP contribution in [0.15, 0.2) is 18.2 Å². The van der Waals surface area contributed by atoms with Gasteiger partial charge in [0.25, 0.3) is 0 Å². The van der Waals surface area contributed by atoms with Gasteiger partial charge >= 0.3 is 0 Å². The second kappa shape index (κ2) is 5.57. The summed E-state index contributed by atoms with van der Waals surface area (Å²) < 4.78 is 0. The Hall–Kier alpha value is -0.980. The average molecular weight is 231 g/mol. The Balaban J connectivity index is 2.08. The predicted octanol–water partition coefficient (Wildman–Crippen LogP) is 4.05. The quantitative estimate of drug-likeness (QED) is 0.739. The summed E-state index contributed by atoms with van der Waals surface area (Å²) in [5, 5.41) is 0. The molecule has 0 radical (unpaired) electrons. The van der Waals surface area contributed by atoms with Crippen LogP contribution in [0.4, 0.5) is 5.69 Å². The Bertz CT molecular complexity index is 368. The van der Waals surface area contributed by atoms with E-state index in [0.29, 0.717) is 0 Å². The van der Waals surface area contributed by atoms with E-state index in [0.717, 1.165) is 12.5 Å². The van der Waals surface area contributed by atoms with Gasteiger partial charge in [0, 0.05) is 18.8 Å². The molecular weight excluding hydrogens is 206 g/mol. The van der Waals surface area contributed by atoms with Crippen molar-refractivity contribution in [2.75, 3.05) is 18.0 Å². The first-order valence-electron chi connectivity index (χ1n) is 7.07. The Morgan fingerprint density at radius 1 is 1.18 bits per heavy atom. The van der Waals surface area contributed by atoms with Crippen molar-refractivity contribution in [1.82, 2.24) is 0 Å². The number of nitrogens with zero attached hydrogens (tertiary/aromatic N) is 1. The molecular formula is C16H25N. The van der Waals surface area contributed by atoms with E-state index in [1.807, 2.05) is 0 Å². The maximum absolute atomic E-state index is 2.51. The Morgan fingerprint density at radius 3 is 2.65 bits per heavy atom. The third-order valence-electron chi connectivity index (χ3n) is 3.81. The molecule has 0 bridgehead atoms. The molecule has 0 aromatic heterocycles. The van der Waals surface area contributed by atoms with Crippen molar-refractivity contribution < 1.29 is 0 Å². The summed E-state index contributed by atoms with van der Waals surface area (Å²) in [5.74, 6) is 0.790. The van der Waals surface area contributed by atoms with Crippen LogP contribution in [0.1, 0.15) is 44.7 Å². The summed E-state index contributed by atoms with van der Waals surface area (Å²) in [6.45, 7) is 9.17. The van der Waals surface area contributed by atoms with Gasteiger partial charge in [0.15, 0.2) is 0 Å². The van der Waals surface area contributed by atoms with E-state index >= 15 is 0 Å². The van der Waals surface area contributed by atoms with Crippen molar-refractivity contribution in [3.05, 3.63) is 29.3 Å². The molecule has 0 saturated carbocycles. The number of hydrogen-bond donors (Lipinski definition) is 0. The smallest absolute Gasteiger partial charge is 0.0369 e. The second-order valence-electron chi connectivity index (χ2n) is 5.57. The SMILES string of the molecule is CCN(CCC(C)C)c1ccc2c(c1)CCC2. The Labute approximate surface area is 106 Å². The minimum Gasteiger partial charge on any atom is -0.372 e. The first-order chi connectivity index (χ1) is 8.20. The fraction of sp³-hybridized carbons (Fsp3) is 0.625.